The van der Waals surface area contributed by atoms with Gasteiger partial charge in [-0.25, -0.2) is 0 Å². The maximum Gasteiger partial charge on any atom is 0.306 e. The molecule has 0 aromatic carbocycles. The van der Waals surface area contributed by atoms with Crippen molar-refractivity contribution in [2.75, 3.05) is 13.2 Å². The highest BCUT2D eigenvalue weighted by atomic mass is 16.6. The fourth-order valence-electron chi connectivity index (χ4n) is 8.10. The fourth-order valence-corrected chi connectivity index (χ4v) is 8.10. The summed E-state index contributed by atoms with van der Waals surface area (Å²) in [7, 11) is 0. The molecule has 1 unspecified atom stereocenters. The number of carbonyl (C=O) groups excluding carboxylic acids is 3. The molecule has 0 saturated carbocycles. The maximum absolute atomic E-state index is 12.8. The molecule has 1 atom stereocenters. The molecule has 0 bridgehead atoms. The summed E-state index contributed by atoms with van der Waals surface area (Å²) in [6.45, 7) is 6.50. The van der Waals surface area contributed by atoms with Gasteiger partial charge < -0.3 is 14.2 Å². The van der Waals surface area contributed by atoms with E-state index in [9.17, 15) is 14.4 Å². The van der Waals surface area contributed by atoms with Crippen molar-refractivity contribution in [3.8, 4) is 0 Å². The number of esters is 3. The van der Waals surface area contributed by atoms with Crippen molar-refractivity contribution in [3.63, 3.8) is 0 Å². The topological polar surface area (TPSA) is 78.9 Å². The van der Waals surface area contributed by atoms with E-state index in [4.69, 9.17) is 14.2 Å². The Balaban J connectivity index is 4.17. The number of rotatable bonds is 51. The zero-order valence-corrected chi connectivity index (χ0v) is 43.3. The Hall–Kier alpha value is -2.63. The van der Waals surface area contributed by atoms with Crippen LogP contribution in [-0.4, -0.2) is 37.2 Å². The van der Waals surface area contributed by atoms with Crippen LogP contribution in [0.2, 0.25) is 0 Å². The number of allylic oxidation sites excluding steroid dienone is 8. The van der Waals surface area contributed by atoms with E-state index < -0.39 is 6.10 Å². The summed E-state index contributed by atoms with van der Waals surface area (Å²) in [6.07, 6.45) is 65.5. The lowest BCUT2D eigenvalue weighted by molar-refractivity contribution is -0.167. The first-order valence-corrected chi connectivity index (χ1v) is 28.1. The van der Waals surface area contributed by atoms with E-state index >= 15 is 0 Å². The Morgan fingerprint density at radius 2 is 0.600 bits per heavy atom. The largest absolute Gasteiger partial charge is 0.462 e. The molecule has 0 aliphatic carbocycles. The van der Waals surface area contributed by atoms with Crippen molar-refractivity contribution in [2.24, 2.45) is 0 Å². The Kier molecular flexibility index (Phi) is 51.8. The Morgan fingerprint density at radius 1 is 0.323 bits per heavy atom. The van der Waals surface area contributed by atoms with Gasteiger partial charge in [0.2, 0.25) is 0 Å². The molecule has 0 aliphatic heterocycles. The van der Waals surface area contributed by atoms with Crippen molar-refractivity contribution < 1.29 is 28.6 Å². The molecule has 378 valence electrons. The second-order valence-corrected chi connectivity index (χ2v) is 18.8. The van der Waals surface area contributed by atoms with Gasteiger partial charge in [0.1, 0.15) is 13.2 Å². The van der Waals surface area contributed by atoms with Crippen LogP contribution in [0.5, 0.6) is 0 Å². The van der Waals surface area contributed by atoms with Crippen molar-refractivity contribution >= 4 is 17.9 Å². The smallest absolute Gasteiger partial charge is 0.306 e. The van der Waals surface area contributed by atoms with Gasteiger partial charge in [-0.05, 0) is 77.0 Å². The van der Waals surface area contributed by atoms with Gasteiger partial charge in [-0.2, -0.15) is 0 Å². The first kappa shape index (κ1) is 62.4. The minimum atomic E-state index is -0.774. The zero-order chi connectivity index (χ0) is 47.2. The Bertz CT molecular complexity index is 1140. The number of ether oxygens (including phenoxy) is 3. The summed E-state index contributed by atoms with van der Waals surface area (Å²) in [6, 6.07) is 0. The summed E-state index contributed by atoms with van der Waals surface area (Å²) in [5.41, 5.74) is 0. The van der Waals surface area contributed by atoms with E-state index in [-0.39, 0.29) is 31.1 Å². The van der Waals surface area contributed by atoms with Gasteiger partial charge in [-0.3, -0.25) is 14.4 Å². The first-order valence-electron chi connectivity index (χ1n) is 28.1. The van der Waals surface area contributed by atoms with Crippen molar-refractivity contribution in [2.45, 2.75) is 297 Å². The highest BCUT2D eigenvalue weighted by Gasteiger charge is 2.19. The van der Waals surface area contributed by atoms with Gasteiger partial charge in [0, 0.05) is 19.3 Å². The van der Waals surface area contributed by atoms with Crippen LogP contribution in [-0.2, 0) is 28.6 Å². The first-order chi connectivity index (χ1) is 32.0. The quantitative estimate of drug-likeness (QED) is 0.0262. The SMILES string of the molecule is CC/C=C\C/C=C\C/C=C\CCCCCCCCCC(=O)OC(COC(=O)CCCCCCCCC)COC(=O)CCCCCCCCCCCCC/C=C\CCCCCCCCCC. The predicted octanol–water partition coefficient (Wildman–Crippen LogP) is 18.7. The molecule has 0 rings (SSSR count). The lowest BCUT2D eigenvalue weighted by Crippen LogP contribution is -2.30. The Morgan fingerprint density at radius 3 is 0.954 bits per heavy atom. The molecule has 0 saturated heterocycles. The third kappa shape index (κ3) is 52.2. The maximum atomic E-state index is 12.8. The van der Waals surface area contributed by atoms with Gasteiger partial charge in [0.05, 0.1) is 0 Å². The van der Waals surface area contributed by atoms with Crippen LogP contribution in [0.1, 0.15) is 290 Å². The molecule has 0 spiro atoms. The molecule has 0 aromatic rings. The van der Waals surface area contributed by atoms with E-state index in [1.807, 2.05) is 0 Å². The fraction of sp³-hybridized carbons (Fsp3) is 0.814. The summed E-state index contributed by atoms with van der Waals surface area (Å²) >= 11 is 0. The number of carbonyl (C=O) groups is 3. The standard InChI is InChI=1S/C59H106O6/c1-4-7-10-13-16-18-20-22-24-26-27-28-29-30-31-33-34-36-38-40-43-46-49-52-58(61)64-55-56(54-63-57(60)51-48-45-42-15-12-9-6-3)65-59(62)53-50-47-44-41-39-37-35-32-25-23-21-19-17-14-11-8-5-2/h8,11,17,19,23,25-27,56H,4-7,9-10,12-16,18,20-22,24,28-55H2,1-3H3/b11-8-,19-17-,25-23-,27-26-. The minimum absolute atomic E-state index is 0.0755. The summed E-state index contributed by atoms with van der Waals surface area (Å²) in [5, 5.41) is 0. The molecule has 0 radical (unpaired) electrons. The highest BCUT2D eigenvalue weighted by Crippen LogP contribution is 2.16. The highest BCUT2D eigenvalue weighted by molar-refractivity contribution is 5.71. The third-order valence-corrected chi connectivity index (χ3v) is 12.3. The molecular formula is C59H106O6. The van der Waals surface area contributed by atoms with Crippen LogP contribution < -0.4 is 0 Å². The predicted molar refractivity (Wildman–Crippen MR) is 279 cm³/mol. The average molecular weight is 911 g/mol. The van der Waals surface area contributed by atoms with Gasteiger partial charge in [0.15, 0.2) is 6.10 Å². The van der Waals surface area contributed by atoms with Gasteiger partial charge in [0.25, 0.3) is 0 Å². The number of hydrogen-bond acceptors (Lipinski definition) is 6. The molecule has 0 N–H and O–H groups in total. The zero-order valence-electron chi connectivity index (χ0n) is 43.3. The van der Waals surface area contributed by atoms with Gasteiger partial charge in [-0.15, -0.1) is 0 Å². The third-order valence-electron chi connectivity index (χ3n) is 12.3. The summed E-state index contributed by atoms with van der Waals surface area (Å²) in [4.78, 5) is 37.9. The van der Waals surface area contributed by atoms with Crippen LogP contribution in [0.4, 0.5) is 0 Å². The molecule has 0 aromatic heterocycles. The van der Waals surface area contributed by atoms with E-state index in [2.05, 4.69) is 69.4 Å². The normalized spacial score (nSPS) is 12.4. The van der Waals surface area contributed by atoms with Crippen LogP contribution in [0.3, 0.4) is 0 Å². The summed E-state index contributed by atoms with van der Waals surface area (Å²) in [5.74, 6) is -0.882. The lowest BCUT2D eigenvalue weighted by Gasteiger charge is -2.18. The van der Waals surface area contributed by atoms with Crippen molar-refractivity contribution in [1.29, 1.82) is 0 Å². The van der Waals surface area contributed by atoms with Crippen molar-refractivity contribution in [1.82, 2.24) is 0 Å². The molecule has 6 nitrogen and oxygen atoms in total. The van der Waals surface area contributed by atoms with E-state index in [0.717, 1.165) is 83.5 Å². The van der Waals surface area contributed by atoms with Crippen LogP contribution in [0.25, 0.3) is 0 Å². The van der Waals surface area contributed by atoms with E-state index in [1.165, 1.54) is 167 Å². The summed E-state index contributed by atoms with van der Waals surface area (Å²) < 4.78 is 16.8. The van der Waals surface area contributed by atoms with E-state index in [0.29, 0.717) is 19.3 Å². The molecule has 0 aliphatic rings. The molecule has 0 amide bonds. The average Bonchev–Trinajstić information content (AvgIpc) is 3.30. The number of hydrogen-bond donors (Lipinski definition) is 0. The lowest BCUT2D eigenvalue weighted by atomic mass is 10.0. The second-order valence-electron chi connectivity index (χ2n) is 18.8. The molecule has 65 heavy (non-hydrogen) atoms. The van der Waals surface area contributed by atoms with Gasteiger partial charge >= 0.3 is 17.9 Å². The Labute approximate surface area is 403 Å². The van der Waals surface area contributed by atoms with E-state index in [1.54, 1.807) is 0 Å². The second kappa shape index (κ2) is 54.0. The van der Waals surface area contributed by atoms with Gasteiger partial charge in [-0.1, -0.05) is 243 Å². The monoisotopic (exact) mass is 911 g/mol. The minimum Gasteiger partial charge on any atom is -0.462 e. The number of unbranched alkanes of at least 4 members (excludes halogenated alkanes) is 32. The molecule has 0 heterocycles. The van der Waals surface area contributed by atoms with Crippen LogP contribution >= 0.6 is 0 Å². The van der Waals surface area contributed by atoms with Crippen LogP contribution in [0, 0.1) is 0 Å². The van der Waals surface area contributed by atoms with Crippen LogP contribution in [0.15, 0.2) is 48.6 Å². The van der Waals surface area contributed by atoms with Crippen molar-refractivity contribution in [3.05, 3.63) is 48.6 Å². The molecule has 0 fully saturated rings. The molecule has 6 heteroatoms. The molecular weight excluding hydrogens is 805 g/mol.